The zero-order chi connectivity index (χ0) is 16.9. The van der Waals surface area contributed by atoms with Gasteiger partial charge in [0.05, 0.1) is 13.5 Å². The summed E-state index contributed by atoms with van der Waals surface area (Å²) in [5, 5.41) is 10.4. The summed E-state index contributed by atoms with van der Waals surface area (Å²) in [4.78, 5) is 12.2. The van der Waals surface area contributed by atoms with Crippen molar-refractivity contribution < 1.29 is 14.2 Å². The van der Waals surface area contributed by atoms with Gasteiger partial charge in [0, 0.05) is 10.0 Å². The highest BCUT2D eigenvalue weighted by molar-refractivity contribution is 9.10. The van der Waals surface area contributed by atoms with E-state index in [2.05, 4.69) is 31.6 Å². The Morgan fingerprint density at radius 1 is 1.12 bits per heavy atom. The molecule has 3 aromatic rings. The molecule has 122 valence electrons. The van der Waals surface area contributed by atoms with Crippen molar-refractivity contribution in [2.45, 2.75) is 6.42 Å². The second-order valence-electron chi connectivity index (χ2n) is 5.04. The van der Waals surface area contributed by atoms with Crippen molar-refractivity contribution in [3.05, 3.63) is 58.6 Å². The van der Waals surface area contributed by atoms with Crippen molar-refractivity contribution >= 4 is 27.7 Å². The lowest BCUT2D eigenvalue weighted by Gasteiger charge is -2.05. The number of benzene rings is 2. The maximum atomic E-state index is 12.2. The highest BCUT2D eigenvalue weighted by atomic mass is 79.9. The molecule has 0 unspecified atom stereocenters. The number of carbonyl (C=O) groups excluding carboxylic acids is 1. The highest BCUT2D eigenvalue weighted by Gasteiger charge is 2.15. The molecule has 0 aliphatic heterocycles. The SMILES string of the molecule is COc1ccc(CC(=O)Nc2nonc2-c2ccc(Br)cc2)cc1. The van der Waals surface area contributed by atoms with Gasteiger partial charge in [-0.3, -0.25) is 4.79 Å². The average Bonchev–Trinajstić information content (AvgIpc) is 3.04. The van der Waals surface area contributed by atoms with Gasteiger partial charge in [-0.05, 0) is 40.1 Å². The summed E-state index contributed by atoms with van der Waals surface area (Å²) in [6, 6.07) is 14.8. The zero-order valence-corrected chi connectivity index (χ0v) is 14.4. The van der Waals surface area contributed by atoms with Crippen molar-refractivity contribution in [3.63, 3.8) is 0 Å². The summed E-state index contributed by atoms with van der Waals surface area (Å²) in [7, 11) is 1.60. The number of ether oxygens (including phenoxy) is 1. The van der Waals surface area contributed by atoms with Crippen LogP contribution in [0.1, 0.15) is 5.56 Å². The molecule has 7 heteroatoms. The van der Waals surface area contributed by atoms with Gasteiger partial charge in [0.1, 0.15) is 5.75 Å². The second kappa shape index (κ2) is 7.27. The molecule has 0 radical (unpaired) electrons. The molecule has 0 spiro atoms. The first-order valence-corrected chi connectivity index (χ1v) is 7.96. The first kappa shape index (κ1) is 16.2. The summed E-state index contributed by atoms with van der Waals surface area (Å²) in [6.07, 6.45) is 0.219. The molecule has 3 rings (SSSR count). The van der Waals surface area contributed by atoms with E-state index in [9.17, 15) is 4.79 Å². The minimum absolute atomic E-state index is 0.200. The van der Waals surface area contributed by atoms with Gasteiger partial charge < -0.3 is 10.1 Å². The van der Waals surface area contributed by atoms with E-state index in [-0.39, 0.29) is 12.3 Å². The summed E-state index contributed by atoms with van der Waals surface area (Å²) in [5.74, 6) is 0.849. The molecule has 0 aliphatic carbocycles. The van der Waals surface area contributed by atoms with Crippen LogP contribution < -0.4 is 10.1 Å². The van der Waals surface area contributed by atoms with Crippen molar-refractivity contribution in [2.24, 2.45) is 0 Å². The van der Waals surface area contributed by atoms with Crippen LogP contribution in [0.5, 0.6) is 5.75 Å². The fourth-order valence-electron chi connectivity index (χ4n) is 2.17. The van der Waals surface area contributed by atoms with Crippen molar-refractivity contribution in [1.82, 2.24) is 10.3 Å². The minimum atomic E-state index is -0.200. The average molecular weight is 388 g/mol. The Morgan fingerprint density at radius 3 is 2.50 bits per heavy atom. The van der Waals surface area contributed by atoms with Crippen LogP contribution in [0, 0.1) is 0 Å². The van der Waals surface area contributed by atoms with Gasteiger partial charge in [-0.2, -0.15) is 0 Å². The molecule has 0 bridgehead atoms. The Labute approximate surface area is 146 Å². The number of amides is 1. The maximum absolute atomic E-state index is 12.2. The van der Waals surface area contributed by atoms with E-state index in [1.54, 1.807) is 7.11 Å². The number of halogens is 1. The summed E-state index contributed by atoms with van der Waals surface area (Å²) in [5.41, 5.74) is 2.17. The first-order valence-electron chi connectivity index (χ1n) is 7.17. The van der Waals surface area contributed by atoms with Crippen LogP contribution >= 0.6 is 15.9 Å². The van der Waals surface area contributed by atoms with Crippen LogP contribution in [0.2, 0.25) is 0 Å². The topological polar surface area (TPSA) is 77.2 Å². The molecule has 1 heterocycles. The molecule has 24 heavy (non-hydrogen) atoms. The molecule has 0 atom stereocenters. The molecule has 0 fully saturated rings. The van der Waals surface area contributed by atoms with Crippen LogP contribution in [-0.2, 0) is 11.2 Å². The van der Waals surface area contributed by atoms with Gasteiger partial charge >= 0.3 is 0 Å². The molecule has 1 N–H and O–H groups in total. The van der Waals surface area contributed by atoms with E-state index in [1.807, 2.05) is 48.5 Å². The summed E-state index contributed by atoms with van der Waals surface area (Å²) in [6.45, 7) is 0. The molecule has 0 saturated heterocycles. The third-order valence-electron chi connectivity index (χ3n) is 3.39. The number of aromatic nitrogens is 2. The van der Waals surface area contributed by atoms with Crippen molar-refractivity contribution in [1.29, 1.82) is 0 Å². The quantitative estimate of drug-likeness (QED) is 0.722. The van der Waals surface area contributed by atoms with Crippen LogP contribution in [-0.4, -0.2) is 23.3 Å². The lowest BCUT2D eigenvalue weighted by atomic mass is 10.1. The molecule has 1 amide bonds. The van der Waals surface area contributed by atoms with E-state index >= 15 is 0 Å². The molecular weight excluding hydrogens is 374 g/mol. The summed E-state index contributed by atoms with van der Waals surface area (Å²) < 4.78 is 10.8. The van der Waals surface area contributed by atoms with E-state index < -0.39 is 0 Å². The van der Waals surface area contributed by atoms with Gasteiger partial charge in [-0.1, -0.05) is 40.2 Å². The third-order valence-corrected chi connectivity index (χ3v) is 3.92. The first-order chi connectivity index (χ1) is 11.7. The Bertz CT molecular complexity index is 829. The molecule has 0 aliphatic rings. The predicted molar refractivity (Wildman–Crippen MR) is 92.8 cm³/mol. The fourth-order valence-corrected chi connectivity index (χ4v) is 2.44. The van der Waals surface area contributed by atoms with E-state index in [0.29, 0.717) is 11.5 Å². The van der Waals surface area contributed by atoms with Crippen LogP contribution in [0.15, 0.2) is 57.6 Å². The Balaban J connectivity index is 1.70. The minimum Gasteiger partial charge on any atom is -0.497 e. The molecular formula is C17H14BrN3O3. The lowest BCUT2D eigenvalue weighted by molar-refractivity contribution is -0.115. The normalized spacial score (nSPS) is 10.4. The number of hydrogen-bond acceptors (Lipinski definition) is 5. The third kappa shape index (κ3) is 3.80. The van der Waals surface area contributed by atoms with E-state index in [0.717, 1.165) is 21.3 Å². The van der Waals surface area contributed by atoms with Crippen LogP contribution in [0.25, 0.3) is 11.3 Å². The largest absolute Gasteiger partial charge is 0.497 e. The number of hydrogen-bond donors (Lipinski definition) is 1. The number of rotatable bonds is 5. The number of carbonyl (C=O) groups is 1. The predicted octanol–water partition coefficient (Wildman–Crippen LogP) is 3.69. The molecule has 6 nitrogen and oxygen atoms in total. The monoisotopic (exact) mass is 387 g/mol. The maximum Gasteiger partial charge on any atom is 0.230 e. The highest BCUT2D eigenvalue weighted by Crippen LogP contribution is 2.25. The van der Waals surface area contributed by atoms with Crippen LogP contribution in [0.3, 0.4) is 0 Å². The van der Waals surface area contributed by atoms with E-state index in [1.165, 1.54) is 0 Å². The van der Waals surface area contributed by atoms with Gasteiger partial charge in [0.25, 0.3) is 0 Å². The van der Waals surface area contributed by atoms with Crippen molar-refractivity contribution in [2.75, 3.05) is 12.4 Å². The lowest BCUT2D eigenvalue weighted by Crippen LogP contribution is -2.15. The van der Waals surface area contributed by atoms with Gasteiger partial charge in [0.15, 0.2) is 5.69 Å². The number of nitrogens with one attached hydrogen (secondary N) is 1. The fraction of sp³-hybridized carbons (Fsp3) is 0.118. The van der Waals surface area contributed by atoms with Crippen LogP contribution in [0.4, 0.5) is 5.82 Å². The number of anilines is 1. The van der Waals surface area contributed by atoms with Crippen molar-refractivity contribution in [3.8, 4) is 17.0 Å². The number of methoxy groups -OCH3 is 1. The Kier molecular flexibility index (Phi) is 4.90. The Hall–Kier alpha value is -2.67. The van der Waals surface area contributed by atoms with E-state index in [4.69, 9.17) is 9.37 Å². The molecule has 0 saturated carbocycles. The van der Waals surface area contributed by atoms with Gasteiger partial charge in [0.2, 0.25) is 11.7 Å². The summed E-state index contributed by atoms with van der Waals surface area (Å²) >= 11 is 3.38. The molecule has 2 aromatic carbocycles. The van der Waals surface area contributed by atoms with Gasteiger partial charge in [-0.25, -0.2) is 4.63 Å². The smallest absolute Gasteiger partial charge is 0.230 e. The standard InChI is InChI=1S/C17H14BrN3O3/c1-23-14-8-2-11(3-9-14)10-15(22)19-17-16(20-24-21-17)12-4-6-13(18)7-5-12/h2-9H,10H2,1H3,(H,19,21,22). The molecule has 1 aromatic heterocycles. The Morgan fingerprint density at radius 2 is 1.83 bits per heavy atom. The number of nitrogens with zero attached hydrogens (tertiary/aromatic N) is 2. The zero-order valence-electron chi connectivity index (χ0n) is 12.8. The second-order valence-corrected chi connectivity index (χ2v) is 5.96. The van der Waals surface area contributed by atoms with Gasteiger partial charge in [-0.15, -0.1) is 0 Å².